The number of benzene rings is 1. The van der Waals surface area contributed by atoms with Gasteiger partial charge in [0.25, 0.3) is 5.91 Å². The molecule has 0 aliphatic carbocycles. The van der Waals surface area contributed by atoms with E-state index in [-0.39, 0.29) is 17.4 Å². The number of rotatable bonds is 4. The zero-order chi connectivity index (χ0) is 16.2. The van der Waals surface area contributed by atoms with Gasteiger partial charge >= 0.3 is 0 Å². The van der Waals surface area contributed by atoms with Gasteiger partial charge in [-0.2, -0.15) is 0 Å². The van der Waals surface area contributed by atoms with Gasteiger partial charge < -0.3 is 10.1 Å². The first kappa shape index (κ1) is 16.8. The molecule has 1 N–H and O–H groups in total. The smallest absolute Gasteiger partial charge is 0.251 e. The number of hydrogen-bond acceptors (Lipinski definition) is 2. The summed E-state index contributed by atoms with van der Waals surface area (Å²) in [4.78, 5) is 12.1. The summed E-state index contributed by atoms with van der Waals surface area (Å²) in [6, 6.07) is 7.80. The second kappa shape index (κ2) is 7.10. The molecule has 1 aromatic carbocycles. The second-order valence-corrected chi connectivity index (χ2v) is 7.12. The third-order valence-electron chi connectivity index (χ3n) is 3.77. The second-order valence-electron chi connectivity index (χ2n) is 7.12. The Morgan fingerprint density at radius 1 is 1.27 bits per heavy atom. The van der Waals surface area contributed by atoms with Crippen molar-refractivity contribution in [1.29, 1.82) is 0 Å². The highest BCUT2D eigenvalue weighted by atomic mass is 16.5. The summed E-state index contributed by atoms with van der Waals surface area (Å²) in [5, 5.41) is 2.95. The van der Waals surface area contributed by atoms with E-state index >= 15 is 0 Å². The Morgan fingerprint density at radius 2 is 1.91 bits per heavy atom. The minimum atomic E-state index is -0.0282. The maximum Gasteiger partial charge on any atom is 0.251 e. The molecule has 0 spiro atoms. The predicted molar refractivity (Wildman–Crippen MR) is 90.9 cm³/mol. The number of hydrogen-bond donors (Lipinski definition) is 1. The Labute approximate surface area is 133 Å². The van der Waals surface area contributed by atoms with E-state index in [9.17, 15) is 4.79 Å². The molecule has 0 saturated carbocycles. The lowest BCUT2D eigenvalue weighted by molar-refractivity contribution is 0.0858. The van der Waals surface area contributed by atoms with Crippen LogP contribution in [0.2, 0.25) is 0 Å². The van der Waals surface area contributed by atoms with Gasteiger partial charge in [-0.05, 0) is 48.4 Å². The van der Waals surface area contributed by atoms with Gasteiger partial charge in [0.05, 0.1) is 6.10 Å². The zero-order valence-electron chi connectivity index (χ0n) is 14.1. The van der Waals surface area contributed by atoms with E-state index in [0.717, 1.165) is 25.0 Å². The van der Waals surface area contributed by atoms with Crippen molar-refractivity contribution in [3.63, 3.8) is 0 Å². The highest BCUT2D eigenvalue weighted by Crippen LogP contribution is 2.23. The highest BCUT2D eigenvalue weighted by Gasteiger charge is 2.16. The molecule has 1 aliphatic rings. The summed E-state index contributed by atoms with van der Waals surface area (Å²) in [5.74, 6) is -0.0282. The monoisotopic (exact) mass is 301 g/mol. The van der Waals surface area contributed by atoms with Gasteiger partial charge in [-0.1, -0.05) is 39.0 Å². The summed E-state index contributed by atoms with van der Waals surface area (Å²) in [6.45, 7) is 10.1. The van der Waals surface area contributed by atoms with Crippen LogP contribution in [-0.4, -0.2) is 25.2 Å². The van der Waals surface area contributed by atoms with Crippen molar-refractivity contribution in [1.82, 2.24) is 5.32 Å². The third kappa shape index (κ3) is 4.99. The molecule has 3 nitrogen and oxygen atoms in total. The van der Waals surface area contributed by atoms with E-state index < -0.39 is 0 Å². The normalized spacial score (nSPS) is 19.3. The summed E-state index contributed by atoms with van der Waals surface area (Å²) in [5.41, 5.74) is 3.25. The molecule has 1 heterocycles. The molecule has 0 aromatic heterocycles. The van der Waals surface area contributed by atoms with Crippen molar-refractivity contribution in [2.45, 2.75) is 46.6 Å². The molecule has 0 radical (unpaired) electrons. The molecule has 120 valence electrons. The van der Waals surface area contributed by atoms with Crippen molar-refractivity contribution in [3.05, 3.63) is 41.5 Å². The first-order valence-corrected chi connectivity index (χ1v) is 8.05. The van der Waals surface area contributed by atoms with Gasteiger partial charge in [0.1, 0.15) is 0 Å². The molecule has 1 unspecified atom stereocenters. The van der Waals surface area contributed by atoms with Gasteiger partial charge in [-0.3, -0.25) is 4.79 Å². The predicted octanol–water partition coefficient (Wildman–Crippen LogP) is 4.04. The number of nitrogens with one attached hydrogen (secondary N) is 1. The van der Waals surface area contributed by atoms with E-state index in [1.165, 1.54) is 5.57 Å². The number of carbonyl (C=O) groups excluding carboxylic acids is 1. The fourth-order valence-electron chi connectivity index (χ4n) is 2.73. The van der Waals surface area contributed by atoms with Crippen LogP contribution in [0.4, 0.5) is 0 Å². The van der Waals surface area contributed by atoms with Crippen molar-refractivity contribution < 1.29 is 9.53 Å². The van der Waals surface area contributed by atoms with E-state index in [2.05, 4.69) is 39.1 Å². The van der Waals surface area contributed by atoms with Crippen molar-refractivity contribution in [2.24, 2.45) is 5.41 Å². The minimum Gasteiger partial charge on any atom is -0.376 e. The Hall–Kier alpha value is -1.61. The van der Waals surface area contributed by atoms with Crippen molar-refractivity contribution in [2.75, 3.05) is 13.2 Å². The maximum atomic E-state index is 12.1. The van der Waals surface area contributed by atoms with Gasteiger partial charge in [0, 0.05) is 18.7 Å². The third-order valence-corrected chi connectivity index (χ3v) is 3.77. The van der Waals surface area contributed by atoms with Crippen molar-refractivity contribution in [3.8, 4) is 0 Å². The minimum absolute atomic E-state index is 0.0282. The van der Waals surface area contributed by atoms with E-state index in [1.54, 1.807) is 0 Å². The Bertz CT molecular complexity index is 532. The standard InChI is InChI=1S/C19H27NO2/c1-14(12-19(2,3)4)15-7-9-16(10-8-15)18(21)20-13-17-6-5-11-22-17/h7-10,12,17H,5-6,11,13H2,1-4H3,(H,20,21). The number of ether oxygens (including phenoxy) is 1. The van der Waals surface area contributed by atoms with Gasteiger partial charge in [-0.25, -0.2) is 0 Å². The molecule has 1 aliphatic heterocycles. The molecule has 1 aromatic rings. The molecular formula is C19H27NO2. The fraction of sp³-hybridized carbons (Fsp3) is 0.526. The number of allylic oxidation sites excluding steroid dienone is 2. The lowest BCUT2D eigenvalue weighted by Crippen LogP contribution is -2.31. The molecule has 1 atom stereocenters. The van der Waals surface area contributed by atoms with Crippen LogP contribution in [0.25, 0.3) is 5.57 Å². The van der Waals surface area contributed by atoms with Gasteiger partial charge in [-0.15, -0.1) is 0 Å². The van der Waals surface area contributed by atoms with Crippen LogP contribution in [0, 0.1) is 5.41 Å². The largest absolute Gasteiger partial charge is 0.376 e. The molecule has 2 rings (SSSR count). The summed E-state index contributed by atoms with van der Waals surface area (Å²) in [6.07, 6.45) is 4.56. The van der Waals surface area contributed by atoms with E-state index in [0.29, 0.717) is 12.1 Å². The van der Waals surface area contributed by atoms with Crippen LogP contribution in [0.1, 0.15) is 56.5 Å². The average molecular weight is 301 g/mol. The lowest BCUT2D eigenvalue weighted by Gasteiger charge is -2.15. The van der Waals surface area contributed by atoms with Gasteiger partial charge in [0.15, 0.2) is 0 Å². The van der Waals surface area contributed by atoms with Gasteiger partial charge in [0.2, 0.25) is 0 Å². The topological polar surface area (TPSA) is 38.3 Å². The van der Waals surface area contributed by atoms with Crippen LogP contribution >= 0.6 is 0 Å². The fourth-order valence-corrected chi connectivity index (χ4v) is 2.73. The SMILES string of the molecule is CC(=CC(C)(C)C)c1ccc(C(=O)NCC2CCCO2)cc1. The Morgan fingerprint density at radius 3 is 2.45 bits per heavy atom. The van der Waals surface area contributed by atoms with Crippen LogP contribution in [0.15, 0.2) is 30.3 Å². The highest BCUT2D eigenvalue weighted by molar-refractivity contribution is 5.94. The van der Waals surface area contributed by atoms with E-state index in [4.69, 9.17) is 4.74 Å². The Kier molecular flexibility index (Phi) is 5.41. The average Bonchev–Trinajstić information content (AvgIpc) is 2.96. The number of amides is 1. The molecule has 3 heteroatoms. The molecule has 22 heavy (non-hydrogen) atoms. The molecule has 1 amide bonds. The molecule has 1 saturated heterocycles. The Balaban J connectivity index is 1.96. The summed E-state index contributed by atoms with van der Waals surface area (Å²) < 4.78 is 5.51. The van der Waals surface area contributed by atoms with E-state index in [1.807, 2.05) is 24.3 Å². The lowest BCUT2D eigenvalue weighted by atomic mass is 9.91. The van der Waals surface area contributed by atoms with Crippen LogP contribution < -0.4 is 5.32 Å². The maximum absolute atomic E-state index is 12.1. The molecule has 0 bridgehead atoms. The van der Waals surface area contributed by atoms with Crippen LogP contribution in [0.3, 0.4) is 0 Å². The summed E-state index contributed by atoms with van der Waals surface area (Å²) >= 11 is 0. The molecule has 1 fully saturated rings. The number of carbonyl (C=O) groups is 1. The van der Waals surface area contributed by atoms with Crippen LogP contribution in [-0.2, 0) is 4.74 Å². The van der Waals surface area contributed by atoms with Crippen molar-refractivity contribution >= 4 is 11.5 Å². The molecular weight excluding hydrogens is 274 g/mol. The quantitative estimate of drug-likeness (QED) is 0.911. The first-order valence-electron chi connectivity index (χ1n) is 8.05. The zero-order valence-corrected chi connectivity index (χ0v) is 14.1. The first-order chi connectivity index (χ1) is 10.3. The van der Waals surface area contributed by atoms with Crippen LogP contribution in [0.5, 0.6) is 0 Å². The summed E-state index contributed by atoms with van der Waals surface area (Å²) in [7, 11) is 0.